The molecule has 0 saturated heterocycles. The van der Waals surface area contributed by atoms with Crippen molar-refractivity contribution in [2.75, 3.05) is 0 Å². The van der Waals surface area contributed by atoms with E-state index in [1.54, 1.807) is 6.33 Å². The summed E-state index contributed by atoms with van der Waals surface area (Å²) < 4.78 is 1.86. The number of Topliss-reactive ketones (excluding diaryl/α,β-unsaturated/α-hetero) is 1. The van der Waals surface area contributed by atoms with Gasteiger partial charge in [-0.2, -0.15) is 0 Å². The number of nitrogens with zero attached hydrogens (tertiary/aromatic N) is 3. The van der Waals surface area contributed by atoms with Crippen molar-refractivity contribution in [3.8, 4) is 11.4 Å². The maximum atomic E-state index is 11.7. The van der Waals surface area contributed by atoms with Crippen LogP contribution in [0.15, 0.2) is 30.6 Å². The molecule has 94 valence electrons. The molecule has 0 aliphatic heterocycles. The fourth-order valence-corrected chi connectivity index (χ4v) is 1.77. The summed E-state index contributed by atoms with van der Waals surface area (Å²) in [6.45, 7) is 3.85. The molecule has 0 fully saturated rings. The van der Waals surface area contributed by atoms with E-state index < -0.39 is 0 Å². The Balaban J connectivity index is 2.26. The normalized spacial score (nSPS) is 10.9. The highest BCUT2D eigenvalue weighted by Crippen LogP contribution is 2.18. The maximum Gasteiger partial charge on any atom is 0.163 e. The average Bonchev–Trinajstić information content (AvgIpc) is 2.75. The van der Waals surface area contributed by atoms with Gasteiger partial charge in [0.1, 0.15) is 12.1 Å². The van der Waals surface area contributed by atoms with E-state index in [2.05, 4.69) is 10.2 Å². The summed E-state index contributed by atoms with van der Waals surface area (Å²) in [4.78, 5) is 11.7. The van der Waals surface area contributed by atoms with Crippen LogP contribution in [0.25, 0.3) is 11.4 Å². The van der Waals surface area contributed by atoms with E-state index >= 15 is 0 Å². The second-order valence-electron chi connectivity index (χ2n) is 4.76. The van der Waals surface area contributed by atoms with Crippen molar-refractivity contribution in [1.29, 1.82) is 0 Å². The summed E-state index contributed by atoms with van der Waals surface area (Å²) in [5, 5.41) is 7.93. The van der Waals surface area contributed by atoms with Crippen molar-refractivity contribution < 1.29 is 4.79 Å². The summed E-state index contributed by atoms with van der Waals surface area (Å²) in [5.74, 6) is 1.14. The lowest BCUT2D eigenvalue weighted by atomic mass is 9.99. The molecule has 0 unspecified atom stereocenters. The van der Waals surface area contributed by atoms with Gasteiger partial charge < -0.3 is 4.57 Å². The number of hydrogen-bond acceptors (Lipinski definition) is 3. The smallest absolute Gasteiger partial charge is 0.163 e. The number of aryl methyl sites for hydroxylation is 1. The number of ketones is 1. The average molecular weight is 243 g/mol. The summed E-state index contributed by atoms with van der Waals surface area (Å²) in [6, 6.07) is 7.91. The monoisotopic (exact) mass is 243 g/mol. The van der Waals surface area contributed by atoms with Gasteiger partial charge in [-0.25, -0.2) is 0 Å². The molecule has 2 aromatic rings. The fraction of sp³-hybridized carbons (Fsp3) is 0.357. The standard InChI is InChI=1S/C14H17N3O/c1-10(2)13(18)8-11-5-4-6-12(7-11)14-16-15-9-17(14)3/h4-7,9-10H,8H2,1-3H3. The van der Waals surface area contributed by atoms with Crippen molar-refractivity contribution in [2.24, 2.45) is 13.0 Å². The third-order valence-corrected chi connectivity index (χ3v) is 2.92. The van der Waals surface area contributed by atoms with Crippen LogP contribution in [-0.4, -0.2) is 20.5 Å². The minimum absolute atomic E-state index is 0.0727. The van der Waals surface area contributed by atoms with Crippen molar-refractivity contribution >= 4 is 5.78 Å². The van der Waals surface area contributed by atoms with Gasteiger partial charge in [0.2, 0.25) is 0 Å². The quantitative estimate of drug-likeness (QED) is 0.827. The predicted molar refractivity (Wildman–Crippen MR) is 70.0 cm³/mol. The summed E-state index contributed by atoms with van der Waals surface area (Å²) in [6.07, 6.45) is 2.14. The molecule has 2 rings (SSSR count). The number of rotatable bonds is 4. The largest absolute Gasteiger partial charge is 0.317 e. The van der Waals surface area contributed by atoms with Gasteiger partial charge in [-0.1, -0.05) is 32.0 Å². The highest BCUT2D eigenvalue weighted by atomic mass is 16.1. The van der Waals surface area contributed by atoms with Gasteiger partial charge >= 0.3 is 0 Å². The fourth-order valence-electron chi connectivity index (χ4n) is 1.77. The van der Waals surface area contributed by atoms with Crippen LogP contribution >= 0.6 is 0 Å². The molecule has 0 aliphatic rings. The van der Waals surface area contributed by atoms with Crippen LogP contribution < -0.4 is 0 Å². The Morgan fingerprint density at radius 1 is 1.39 bits per heavy atom. The molecule has 1 aromatic carbocycles. The molecular formula is C14H17N3O. The molecular weight excluding hydrogens is 226 g/mol. The van der Waals surface area contributed by atoms with E-state index in [-0.39, 0.29) is 11.7 Å². The van der Waals surface area contributed by atoms with Gasteiger partial charge in [-0.05, 0) is 11.6 Å². The Morgan fingerprint density at radius 3 is 2.78 bits per heavy atom. The Kier molecular flexibility index (Phi) is 3.55. The highest BCUT2D eigenvalue weighted by Gasteiger charge is 2.10. The van der Waals surface area contributed by atoms with Crippen molar-refractivity contribution in [2.45, 2.75) is 20.3 Å². The van der Waals surface area contributed by atoms with Gasteiger partial charge in [0.05, 0.1) is 0 Å². The lowest BCUT2D eigenvalue weighted by Gasteiger charge is -2.06. The first-order valence-corrected chi connectivity index (χ1v) is 6.04. The van der Waals surface area contributed by atoms with Gasteiger partial charge in [0.25, 0.3) is 0 Å². The Hall–Kier alpha value is -1.97. The van der Waals surface area contributed by atoms with E-state index in [4.69, 9.17) is 0 Å². The van der Waals surface area contributed by atoms with E-state index in [1.807, 2.05) is 49.7 Å². The highest BCUT2D eigenvalue weighted by molar-refractivity contribution is 5.82. The van der Waals surface area contributed by atoms with Crippen molar-refractivity contribution in [3.05, 3.63) is 36.2 Å². The topological polar surface area (TPSA) is 47.8 Å². The Labute approximate surface area is 107 Å². The molecule has 0 atom stereocenters. The summed E-state index contributed by atoms with van der Waals surface area (Å²) >= 11 is 0. The molecule has 4 nitrogen and oxygen atoms in total. The molecule has 0 amide bonds. The first kappa shape index (κ1) is 12.5. The zero-order valence-corrected chi connectivity index (χ0v) is 10.9. The predicted octanol–water partition coefficient (Wildman–Crippen LogP) is 2.25. The molecule has 0 saturated carbocycles. The molecule has 0 N–H and O–H groups in total. The molecule has 0 radical (unpaired) electrons. The van der Waals surface area contributed by atoms with Gasteiger partial charge in [0.15, 0.2) is 5.82 Å². The van der Waals surface area contributed by atoms with Crippen LogP contribution in [0, 0.1) is 5.92 Å². The second kappa shape index (κ2) is 5.12. The lowest BCUT2D eigenvalue weighted by Crippen LogP contribution is -2.10. The molecule has 0 bridgehead atoms. The van der Waals surface area contributed by atoms with Crippen LogP contribution in [0.2, 0.25) is 0 Å². The summed E-state index contributed by atoms with van der Waals surface area (Å²) in [7, 11) is 1.90. The third-order valence-electron chi connectivity index (χ3n) is 2.92. The van der Waals surface area contributed by atoms with Gasteiger partial charge in [-0.3, -0.25) is 4.79 Å². The van der Waals surface area contributed by atoms with Gasteiger partial charge in [-0.15, -0.1) is 10.2 Å². The molecule has 0 aliphatic carbocycles. The number of aromatic nitrogens is 3. The van der Waals surface area contributed by atoms with E-state index in [0.717, 1.165) is 17.0 Å². The molecule has 18 heavy (non-hydrogen) atoms. The van der Waals surface area contributed by atoms with E-state index in [1.165, 1.54) is 0 Å². The molecule has 0 spiro atoms. The maximum absolute atomic E-state index is 11.7. The zero-order chi connectivity index (χ0) is 13.1. The lowest BCUT2D eigenvalue weighted by molar-refractivity contribution is -0.121. The van der Waals surface area contributed by atoms with Crippen LogP contribution in [0.5, 0.6) is 0 Å². The summed E-state index contributed by atoms with van der Waals surface area (Å²) in [5.41, 5.74) is 2.01. The number of carbonyl (C=O) groups excluding carboxylic acids is 1. The number of hydrogen-bond donors (Lipinski definition) is 0. The first-order chi connectivity index (χ1) is 8.58. The minimum Gasteiger partial charge on any atom is -0.317 e. The van der Waals surface area contributed by atoms with Gasteiger partial charge in [0, 0.05) is 24.9 Å². The minimum atomic E-state index is 0.0727. The van der Waals surface area contributed by atoms with Crippen LogP contribution in [-0.2, 0) is 18.3 Å². The number of benzene rings is 1. The molecule has 1 aromatic heterocycles. The zero-order valence-electron chi connectivity index (χ0n) is 10.9. The SMILES string of the molecule is CC(C)C(=O)Cc1cccc(-c2nncn2C)c1. The van der Waals surface area contributed by atoms with E-state index in [9.17, 15) is 4.79 Å². The molecule has 4 heteroatoms. The third kappa shape index (κ3) is 2.64. The first-order valence-electron chi connectivity index (χ1n) is 6.04. The van der Waals surface area contributed by atoms with Crippen LogP contribution in [0.1, 0.15) is 19.4 Å². The van der Waals surface area contributed by atoms with Crippen LogP contribution in [0.3, 0.4) is 0 Å². The number of carbonyl (C=O) groups is 1. The van der Waals surface area contributed by atoms with Crippen molar-refractivity contribution in [1.82, 2.24) is 14.8 Å². The Bertz CT molecular complexity index is 558. The van der Waals surface area contributed by atoms with E-state index in [0.29, 0.717) is 6.42 Å². The van der Waals surface area contributed by atoms with Crippen molar-refractivity contribution in [3.63, 3.8) is 0 Å². The Morgan fingerprint density at radius 2 is 2.17 bits per heavy atom. The second-order valence-corrected chi connectivity index (χ2v) is 4.76. The molecule has 1 heterocycles. The van der Waals surface area contributed by atoms with Crippen LogP contribution in [0.4, 0.5) is 0 Å².